The molecule has 0 aliphatic heterocycles. The van der Waals surface area contributed by atoms with Crippen molar-refractivity contribution in [3.63, 3.8) is 0 Å². The Bertz CT molecular complexity index is 1340. The van der Waals surface area contributed by atoms with E-state index in [1.807, 2.05) is 68.6 Å². The van der Waals surface area contributed by atoms with Crippen LogP contribution >= 0.6 is 22.6 Å². The van der Waals surface area contributed by atoms with Crippen LogP contribution in [0.1, 0.15) is 11.1 Å². The fraction of sp³-hybridized carbons (Fsp3) is 0.120. The number of sulfonamides is 1. The van der Waals surface area contributed by atoms with Crippen LogP contribution in [0.15, 0.2) is 99.7 Å². The molecular formula is C25H23IN2O2S. The molecule has 3 aromatic carbocycles. The Morgan fingerprint density at radius 1 is 0.968 bits per heavy atom. The van der Waals surface area contributed by atoms with Gasteiger partial charge in [-0.2, -0.15) is 0 Å². The summed E-state index contributed by atoms with van der Waals surface area (Å²) in [7, 11) is -1.72. The van der Waals surface area contributed by atoms with E-state index in [1.165, 1.54) is 15.3 Å². The lowest BCUT2D eigenvalue weighted by molar-refractivity contribution is 0.595. The Morgan fingerprint density at radius 2 is 1.61 bits per heavy atom. The molecule has 1 heterocycles. The summed E-state index contributed by atoms with van der Waals surface area (Å²) in [6.45, 7) is 1.94. The maximum absolute atomic E-state index is 13.5. The molecule has 0 atom stereocenters. The van der Waals surface area contributed by atoms with Crippen LogP contribution in [0.25, 0.3) is 10.9 Å². The van der Waals surface area contributed by atoms with Crippen LogP contribution in [0.2, 0.25) is 0 Å². The van der Waals surface area contributed by atoms with Gasteiger partial charge in [0.25, 0.3) is 10.0 Å². The molecule has 1 aromatic heterocycles. The topological polar surface area (TPSA) is 42.3 Å². The van der Waals surface area contributed by atoms with E-state index in [-0.39, 0.29) is 4.90 Å². The van der Waals surface area contributed by atoms with Gasteiger partial charge in [-0.3, -0.25) is 0 Å². The summed E-state index contributed by atoms with van der Waals surface area (Å²) in [5.74, 6) is 0. The van der Waals surface area contributed by atoms with E-state index < -0.39 is 10.0 Å². The monoisotopic (exact) mass is 542 g/mol. The number of hydrogen-bond donors (Lipinski definition) is 0. The van der Waals surface area contributed by atoms with Crippen molar-refractivity contribution in [1.82, 2.24) is 4.57 Å². The SMILES string of the molecule is Cc1ccc(S(=O)(=O)N(/C=C(\I)Cc2cn(C)c3ccccc23)c2ccccc2)cc1. The molecule has 0 amide bonds. The number of halogens is 1. The van der Waals surface area contributed by atoms with Crippen molar-refractivity contribution in [1.29, 1.82) is 0 Å². The number of para-hydroxylation sites is 2. The molecule has 31 heavy (non-hydrogen) atoms. The predicted octanol–water partition coefficient (Wildman–Crippen LogP) is 6.20. The second-order valence-corrected chi connectivity index (χ2v) is 10.7. The van der Waals surface area contributed by atoms with E-state index in [9.17, 15) is 8.42 Å². The standard InChI is InChI=1S/C25H23IN2O2S/c1-19-12-14-23(15-13-19)31(29,30)28(22-8-4-3-5-9-22)18-21(26)16-20-17-27(2)25-11-7-6-10-24(20)25/h3-15,17-18H,16H2,1-2H3/b21-18-. The molecule has 0 unspecified atom stereocenters. The minimum atomic E-state index is -3.75. The Morgan fingerprint density at radius 3 is 2.32 bits per heavy atom. The predicted molar refractivity (Wildman–Crippen MR) is 136 cm³/mol. The van der Waals surface area contributed by atoms with Crippen molar-refractivity contribution in [3.05, 3.63) is 106 Å². The average molecular weight is 542 g/mol. The number of aryl methyl sites for hydroxylation is 2. The third kappa shape index (κ3) is 4.55. The Balaban J connectivity index is 1.75. The van der Waals surface area contributed by atoms with Gasteiger partial charge in [0, 0.05) is 40.3 Å². The molecule has 0 radical (unpaired) electrons. The molecule has 0 saturated carbocycles. The van der Waals surface area contributed by atoms with Crippen LogP contribution in [-0.4, -0.2) is 13.0 Å². The summed E-state index contributed by atoms with van der Waals surface area (Å²) in [6.07, 6.45) is 4.49. The molecule has 0 fully saturated rings. The largest absolute Gasteiger partial charge is 0.350 e. The highest BCUT2D eigenvalue weighted by molar-refractivity contribution is 14.1. The molecule has 0 aliphatic rings. The summed E-state index contributed by atoms with van der Waals surface area (Å²) in [6, 6.07) is 24.4. The summed E-state index contributed by atoms with van der Waals surface area (Å²) < 4.78 is 31.5. The minimum Gasteiger partial charge on any atom is -0.350 e. The summed E-state index contributed by atoms with van der Waals surface area (Å²) >= 11 is 2.24. The van der Waals surface area contributed by atoms with Gasteiger partial charge in [0.15, 0.2) is 0 Å². The zero-order valence-electron chi connectivity index (χ0n) is 17.4. The first-order chi connectivity index (χ1) is 14.9. The first-order valence-corrected chi connectivity index (χ1v) is 12.4. The summed E-state index contributed by atoms with van der Waals surface area (Å²) in [5, 5.41) is 1.18. The maximum Gasteiger partial charge on any atom is 0.268 e. The highest BCUT2D eigenvalue weighted by Crippen LogP contribution is 2.29. The van der Waals surface area contributed by atoms with Gasteiger partial charge in [-0.1, -0.05) is 54.1 Å². The van der Waals surface area contributed by atoms with Crippen LogP contribution in [-0.2, 0) is 23.5 Å². The van der Waals surface area contributed by atoms with Crippen LogP contribution in [0.4, 0.5) is 5.69 Å². The molecule has 4 rings (SSSR count). The first kappa shape index (κ1) is 21.6. The smallest absolute Gasteiger partial charge is 0.268 e. The lowest BCUT2D eigenvalue weighted by atomic mass is 10.1. The second-order valence-electron chi connectivity index (χ2n) is 7.48. The average Bonchev–Trinajstić information content (AvgIpc) is 3.08. The molecule has 4 nitrogen and oxygen atoms in total. The minimum absolute atomic E-state index is 0.271. The number of anilines is 1. The Hall–Kier alpha value is -2.58. The Labute approximate surface area is 197 Å². The van der Waals surface area contributed by atoms with Crippen molar-refractivity contribution in [2.45, 2.75) is 18.2 Å². The van der Waals surface area contributed by atoms with E-state index >= 15 is 0 Å². The quantitative estimate of drug-likeness (QED) is 0.272. The zero-order chi connectivity index (χ0) is 22.0. The molecule has 158 valence electrons. The molecular weight excluding hydrogens is 519 g/mol. The third-order valence-corrected chi connectivity index (χ3v) is 7.55. The normalized spacial score (nSPS) is 12.3. The van der Waals surface area contributed by atoms with Gasteiger partial charge < -0.3 is 4.57 Å². The van der Waals surface area contributed by atoms with Gasteiger partial charge >= 0.3 is 0 Å². The molecule has 6 heteroatoms. The van der Waals surface area contributed by atoms with Gasteiger partial charge in [-0.25, -0.2) is 12.7 Å². The fourth-order valence-corrected chi connectivity index (χ4v) is 5.85. The van der Waals surface area contributed by atoms with E-state index in [1.54, 1.807) is 18.3 Å². The lowest BCUT2D eigenvalue weighted by Gasteiger charge is -2.21. The molecule has 0 saturated heterocycles. The van der Waals surface area contributed by atoms with Crippen molar-refractivity contribution in [2.75, 3.05) is 4.31 Å². The number of hydrogen-bond acceptors (Lipinski definition) is 2. The summed E-state index contributed by atoms with van der Waals surface area (Å²) in [4.78, 5) is 0.271. The molecule has 0 spiro atoms. The number of fused-ring (bicyclic) bond motifs is 1. The van der Waals surface area contributed by atoms with Gasteiger partial charge in [0.2, 0.25) is 0 Å². The van der Waals surface area contributed by atoms with E-state index in [2.05, 4.69) is 45.5 Å². The highest BCUT2D eigenvalue weighted by atomic mass is 127. The van der Waals surface area contributed by atoms with Gasteiger partial charge in [-0.05, 0) is 65.4 Å². The Kier molecular flexibility index (Phi) is 6.20. The van der Waals surface area contributed by atoms with E-state index in [0.29, 0.717) is 12.1 Å². The third-order valence-electron chi connectivity index (χ3n) is 5.18. The van der Waals surface area contributed by atoms with Crippen LogP contribution in [0.3, 0.4) is 0 Å². The number of benzene rings is 3. The molecule has 4 aromatic rings. The molecule has 0 aliphatic carbocycles. The number of aromatic nitrogens is 1. The summed E-state index contributed by atoms with van der Waals surface area (Å²) in [5.41, 5.74) is 3.95. The number of nitrogens with zero attached hydrogens (tertiary/aromatic N) is 2. The highest BCUT2D eigenvalue weighted by Gasteiger charge is 2.24. The van der Waals surface area contributed by atoms with Gasteiger partial charge in [0.1, 0.15) is 0 Å². The van der Waals surface area contributed by atoms with E-state index in [0.717, 1.165) is 14.7 Å². The van der Waals surface area contributed by atoms with Crippen molar-refractivity contribution >= 4 is 49.2 Å². The number of rotatable bonds is 6. The van der Waals surface area contributed by atoms with Gasteiger partial charge in [-0.15, -0.1) is 0 Å². The van der Waals surface area contributed by atoms with Crippen LogP contribution in [0.5, 0.6) is 0 Å². The lowest BCUT2D eigenvalue weighted by Crippen LogP contribution is -2.26. The number of allylic oxidation sites excluding steroid dienone is 1. The van der Waals surface area contributed by atoms with Crippen LogP contribution in [0, 0.1) is 6.92 Å². The molecule has 0 bridgehead atoms. The zero-order valence-corrected chi connectivity index (χ0v) is 20.3. The van der Waals surface area contributed by atoms with Crippen molar-refractivity contribution in [2.24, 2.45) is 7.05 Å². The van der Waals surface area contributed by atoms with Crippen molar-refractivity contribution < 1.29 is 8.42 Å². The van der Waals surface area contributed by atoms with Crippen LogP contribution < -0.4 is 4.31 Å². The maximum atomic E-state index is 13.5. The van der Waals surface area contributed by atoms with Crippen molar-refractivity contribution in [3.8, 4) is 0 Å². The second kappa shape index (κ2) is 8.88. The van der Waals surface area contributed by atoms with E-state index in [4.69, 9.17) is 0 Å². The van der Waals surface area contributed by atoms with Gasteiger partial charge in [0.05, 0.1) is 10.6 Å². The fourth-order valence-electron chi connectivity index (χ4n) is 3.60. The molecule has 0 N–H and O–H groups in total. The first-order valence-electron chi connectivity index (χ1n) is 9.91.